The number of fused-ring (bicyclic) bond motifs is 3. The van der Waals surface area contributed by atoms with Crippen LogP contribution in [-0.2, 0) is 0 Å². The van der Waals surface area contributed by atoms with E-state index in [1.54, 1.807) is 0 Å². The fourth-order valence-electron chi connectivity index (χ4n) is 4.22. The summed E-state index contributed by atoms with van der Waals surface area (Å²) < 4.78 is 40.0. The van der Waals surface area contributed by atoms with Crippen molar-refractivity contribution in [2.24, 2.45) is 0 Å². The Bertz CT molecular complexity index is 1740. The van der Waals surface area contributed by atoms with Gasteiger partial charge in [0.15, 0.2) is 0 Å². The van der Waals surface area contributed by atoms with Crippen LogP contribution in [0.3, 0.4) is 0 Å². The minimum absolute atomic E-state index is 0.171. The van der Waals surface area contributed by atoms with Crippen molar-refractivity contribution < 1.29 is 9.90 Å². The van der Waals surface area contributed by atoms with E-state index in [0.29, 0.717) is 11.1 Å². The summed E-state index contributed by atoms with van der Waals surface area (Å²) in [4.78, 5) is 0. The molecule has 0 aliphatic heterocycles. The molecular formula is C30H19ClO. The van der Waals surface area contributed by atoms with Crippen molar-refractivity contribution in [1.82, 2.24) is 0 Å². The van der Waals surface area contributed by atoms with Gasteiger partial charge >= 0.3 is 0 Å². The Morgan fingerprint density at radius 1 is 0.562 bits per heavy atom. The van der Waals surface area contributed by atoms with Crippen LogP contribution in [0.4, 0.5) is 0 Å². The van der Waals surface area contributed by atoms with Crippen LogP contribution in [0.5, 0.6) is 0 Å². The number of furan rings is 1. The van der Waals surface area contributed by atoms with Crippen molar-refractivity contribution in [1.29, 1.82) is 0 Å². The third-order valence-electron chi connectivity index (χ3n) is 5.69. The van der Waals surface area contributed by atoms with E-state index in [0.717, 1.165) is 38.6 Å². The number of halogens is 1. The third kappa shape index (κ3) is 3.19. The minimum Gasteiger partial charge on any atom is -0.456 e. The van der Waals surface area contributed by atoms with Crippen LogP contribution >= 0.6 is 11.6 Å². The quantitative estimate of drug-likeness (QED) is 0.270. The van der Waals surface area contributed by atoms with Crippen molar-refractivity contribution in [2.45, 2.75) is 0 Å². The van der Waals surface area contributed by atoms with Crippen molar-refractivity contribution >= 4 is 33.5 Å². The Labute approximate surface area is 197 Å². The second-order valence-electron chi connectivity index (χ2n) is 7.59. The molecule has 0 N–H and O–H groups in total. The highest BCUT2D eigenvalue weighted by molar-refractivity contribution is 6.30. The lowest BCUT2D eigenvalue weighted by Gasteiger charge is -2.13. The highest BCUT2D eigenvalue weighted by Gasteiger charge is 2.17. The smallest absolute Gasteiger partial charge is 0.136 e. The van der Waals surface area contributed by atoms with E-state index in [1.807, 2.05) is 78.9 Å². The van der Waals surface area contributed by atoms with Crippen LogP contribution in [0.25, 0.3) is 55.3 Å². The fraction of sp³-hybridized carbons (Fsp3) is 0. The second kappa shape index (κ2) is 7.71. The number of hydrogen-bond acceptors (Lipinski definition) is 1. The molecule has 0 spiro atoms. The molecule has 152 valence electrons. The molecule has 0 aliphatic carbocycles. The lowest BCUT2D eigenvalue weighted by atomic mass is 9.90. The third-order valence-corrected chi connectivity index (χ3v) is 5.88. The van der Waals surface area contributed by atoms with Gasteiger partial charge in [-0.15, -0.1) is 0 Å². The average molecular weight is 435 g/mol. The normalized spacial score (nSPS) is 13.0. The van der Waals surface area contributed by atoms with Crippen LogP contribution in [0.2, 0.25) is 5.02 Å². The standard InChI is InChI=1S/C30H19ClO/c31-24-16-14-22(15-17-24)25-18-19-28-30(26-8-4-5-9-27(26)32-28)29(25)23-12-10-21(11-13-23)20-6-2-1-3-7-20/h1-19H/i14D,15D,16D,17D. The van der Waals surface area contributed by atoms with Gasteiger partial charge in [-0.25, -0.2) is 0 Å². The number of para-hydroxylation sites is 1. The molecule has 6 aromatic rings. The van der Waals surface area contributed by atoms with E-state index in [1.165, 1.54) is 0 Å². The number of rotatable bonds is 3. The largest absolute Gasteiger partial charge is 0.456 e. The molecule has 2 heteroatoms. The molecule has 0 aliphatic rings. The minimum atomic E-state index is -0.254. The molecule has 1 heterocycles. The van der Waals surface area contributed by atoms with E-state index >= 15 is 0 Å². The van der Waals surface area contributed by atoms with Crippen molar-refractivity contribution in [2.75, 3.05) is 0 Å². The summed E-state index contributed by atoms with van der Waals surface area (Å²) in [5.74, 6) is 0. The summed E-state index contributed by atoms with van der Waals surface area (Å²) in [7, 11) is 0. The Balaban J connectivity index is 1.70. The van der Waals surface area contributed by atoms with Gasteiger partial charge in [0.05, 0.1) is 5.48 Å². The van der Waals surface area contributed by atoms with Gasteiger partial charge in [-0.1, -0.05) is 103 Å². The first-order valence-electron chi connectivity index (χ1n) is 12.3. The second-order valence-corrected chi connectivity index (χ2v) is 7.97. The molecule has 0 bridgehead atoms. The first-order valence-corrected chi connectivity index (χ1v) is 10.7. The van der Waals surface area contributed by atoms with Crippen LogP contribution in [0, 0.1) is 0 Å². The highest BCUT2D eigenvalue weighted by atomic mass is 35.5. The summed E-state index contributed by atoms with van der Waals surface area (Å²) in [6, 6.07) is 28.8. The van der Waals surface area contributed by atoms with Crippen molar-refractivity contribution in [3.05, 3.63) is 120 Å². The van der Waals surface area contributed by atoms with Crippen LogP contribution in [0.15, 0.2) is 120 Å². The molecule has 0 atom stereocenters. The Hall–Kier alpha value is -3.81. The van der Waals surface area contributed by atoms with E-state index < -0.39 is 0 Å². The molecule has 0 unspecified atom stereocenters. The monoisotopic (exact) mass is 434 g/mol. The number of hydrogen-bond donors (Lipinski definition) is 0. The predicted octanol–water partition coefficient (Wildman–Crippen LogP) is 9.24. The van der Waals surface area contributed by atoms with E-state index in [2.05, 4.69) is 12.1 Å². The molecule has 0 radical (unpaired) electrons. The highest BCUT2D eigenvalue weighted by Crippen LogP contribution is 2.43. The van der Waals surface area contributed by atoms with Gasteiger partial charge in [0.25, 0.3) is 0 Å². The lowest BCUT2D eigenvalue weighted by Crippen LogP contribution is -1.88. The van der Waals surface area contributed by atoms with Gasteiger partial charge < -0.3 is 4.42 Å². The molecule has 0 saturated carbocycles. The van der Waals surface area contributed by atoms with Crippen LogP contribution < -0.4 is 0 Å². The Kier molecular flexibility index (Phi) is 3.63. The SMILES string of the molecule is [2H]c1c([2H])c(-c2ccc3oc4ccccc4c3c2-c2ccc(-c3ccccc3)cc2)c([2H])c([2H])c1Cl. The maximum Gasteiger partial charge on any atom is 0.136 e. The zero-order valence-electron chi connectivity index (χ0n) is 20.9. The molecular weight excluding hydrogens is 412 g/mol. The van der Waals surface area contributed by atoms with Gasteiger partial charge in [-0.2, -0.15) is 0 Å². The molecule has 0 fully saturated rings. The van der Waals surface area contributed by atoms with Crippen molar-refractivity contribution in [3.63, 3.8) is 0 Å². The lowest BCUT2D eigenvalue weighted by molar-refractivity contribution is 0.669. The van der Waals surface area contributed by atoms with E-state index in [4.69, 9.17) is 21.5 Å². The van der Waals surface area contributed by atoms with Crippen molar-refractivity contribution in [3.8, 4) is 33.4 Å². The maximum absolute atomic E-state index is 8.65. The summed E-state index contributed by atoms with van der Waals surface area (Å²) in [5.41, 5.74) is 6.08. The maximum atomic E-state index is 8.65. The van der Waals surface area contributed by atoms with Gasteiger partial charge in [0.1, 0.15) is 11.2 Å². The molecule has 1 nitrogen and oxygen atoms in total. The fourth-order valence-corrected chi connectivity index (χ4v) is 4.31. The predicted molar refractivity (Wildman–Crippen MR) is 135 cm³/mol. The molecule has 1 aromatic heterocycles. The first kappa shape index (κ1) is 15.1. The van der Waals surface area contributed by atoms with Gasteiger partial charge in [0.2, 0.25) is 0 Å². The zero-order chi connectivity index (χ0) is 25.0. The van der Waals surface area contributed by atoms with E-state index in [-0.39, 0.29) is 34.8 Å². The van der Waals surface area contributed by atoms with Gasteiger partial charge in [-0.3, -0.25) is 0 Å². The topological polar surface area (TPSA) is 13.1 Å². The first-order chi connectivity index (χ1) is 17.5. The summed E-state index contributed by atoms with van der Waals surface area (Å²) in [5, 5.41) is 1.60. The Morgan fingerprint density at radius 2 is 1.22 bits per heavy atom. The molecule has 6 rings (SSSR count). The molecule has 5 aromatic carbocycles. The molecule has 0 amide bonds. The number of benzene rings is 5. The summed E-state index contributed by atoms with van der Waals surface area (Å²) >= 11 is 6.11. The molecule has 32 heavy (non-hydrogen) atoms. The zero-order valence-corrected chi connectivity index (χ0v) is 17.7. The van der Waals surface area contributed by atoms with Gasteiger partial charge in [0, 0.05) is 21.4 Å². The molecule has 0 saturated heterocycles. The van der Waals surface area contributed by atoms with Gasteiger partial charge in [-0.05, 0) is 52.0 Å². The average Bonchev–Trinajstić information content (AvgIpc) is 3.30. The van der Waals surface area contributed by atoms with E-state index in [9.17, 15) is 0 Å². The summed E-state index contributed by atoms with van der Waals surface area (Å²) in [6.45, 7) is 0. The summed E-state index contributed by atoms with van der Waals surface area (Å²) in [6.07, 6.45) is 0. The van der Waals surface area contributed by atoms with Crippen LogP contribution in [-0.4, -0.2) is 0 Å². The van der Waals surface area contributed by atoms with Crippen LogP contribution in [0.1, 0.15) is 5.48 Å². The Morgan fingerprint density at radius 3 is 2.00 bits per heavy atom.